The molecular formula is C15H20N2O3S. The molecule has 1 aromatic rings. The van der Waals surface area contributed by atoms with Gasteiger partial charge in [-0.3, -0.25) is 4.79 Å². The SMILES string of the molecule is COC(=O)CCCNC(=S)N[C@H]1CCOc2ccccc21. The number of para-hydroxylation sites is 1. The summed E-state index contributed by atoms with van der Waals surface area (Å²) in [4.78, 5) is 11.0. The van der Waals surface area contributed by atoms with Crippen molar-refractivity contribution < 1.29 is 14.3 Å². The molecule has 21 heavy (non-hydrogen) atoms. The van der Waals surface area contributed by atoms with Crippen molar-refractivity contribution in [1.29, 1.82) is 0 Å². The number of methoxy groups -OCH3 is 1. The first-order valence-corrected chi connectivity index (χ1v) is 7.44. The van der Waals surface area contributed by atoms with E-state index in [0.717, 1.165) is 17.7 Å². The molecule has 1 aliphatic heterocycles. The van der Waals surface area contributed by atoms with E-state index in [9.17, 15) is 4.79 Å². The molecule has 1 heterocycles. The summed E-state index contributed by atoms with van der Waals surface area (Å²) < 4.78 is 10.2. The quantitative estimate of drug-likeness (QED) is 0.492. The Bertz CT molecular complexity index is 507. The lowest BCUT2D eigenvalue weighted by atomic mass is 10.0. The maximum Gasteiger partial charge on any atom is 0.305 e. The van der Waals surface area contributed by atoms with Gasteiger partial charge in [-0.25, -0.2) is 0 Å². The summed E-state index contributed by atoms with van der Waals surface area (Å²) in [6, 6.07) is 8.14. The van der Waals surface area contributed by atoms with Crippen molar-refractivity contribution >= 4 is 23.3 Å². The number of fused-ring (bicyclic) bond motifs is 1. The fourth-order valence-electron chi connectivity index (χ4n) is 2.24. The average molecular weight is 308 g/mol. The number of hydrogen-bond acceptors (Lipinski definition) is 4. The van der Waals surface area contributed by atoms with E-state index in [4.69, 9.17) is 17.0 Å². The van der Waals surface area contributed by atoms with E-state index in [1.807, 2.05) is 24.3 Å². The highest BCUT2D eigenvalue weighted by Crippen LogP contribution is 2.31. The van der Waals surface area contributed by atoms with E-state index in [0.29, 0.717) is 31.1 Å². The van der Waals surface area contributed by atoms with E-state index in [2.05, 4.69) is 15.4 Å². The standard InChI is InChI=1S/C15H20N2O3S/c1-19-14(18)7-4-9-16-15(21)17-12-8-10-20-13-6-3-2-5-11(12)13/h2-3,5-6,12H,4,7-10H2,1H3,(H2,16,17,21)/t12-/m0/s1. The Balaban J connectivity index is 1.77. The molecule has 0 radical (unpaired) electrons. The number of hydrogen-bond donors (Lipinski definition) is 2. The second-order valence-electron chi connectivity index (χ2n) is 4.81. The maximum absolute atomic E-state index is 11.0. The van der Waals surface area contributed by atoms with E-state index in [1.165, 1.54) is 7.11 Å². The number of esters is 1. The van der Waals surface area contributed by atoms with Crippen molar-refractivity contribution in [2.75, 3.05) is 20.3 Å². The Morgan fingerprint density at radius 3 is 3.10 bits per heavy atom. The Morgan fingerprint density at radius 1 is 1.48 bits per heavy atom. The van der Waals surface area contributed by atoms with Crippen LogP contribution >= 0.6 is 12.2 Å². The largest absolute Gasteiger partial charge is 0.493 e. The molecule has 0 aromatic heterocycles. The highest BCUT2D eigenvalue weighted by Gasteiger charge is 2.21. The molecule has 5 nitrogen and oxygen atoms in total. The maximum atomic E-state index is 11.0. The van der Waals surface area contributed by atoms with Gasteiger partial charge in [0.2, 0.25) is 0 Å². The van der Waals surface area contributed by atoms with Crippen molar-refractivity contribution in [2.45, 2.75) is 25.3 Å². The van der Waals surface area contributed by atoms with Gasteiger partial charge in [0.25, 0.3) is 0 Å². The first-order valence-electron chi connectivity index (χ1n) is 7.03. The Morgan fingerprint density at radius 2 is 2.29 bits per heavy atom. The molecule has 0 saturated carbocycles. The lowest BCUT2D eigenvalue weighted by molar-refractivity contribution is -0.140. The molecule has 0 bridgehead atoms. The molecule has 1 atom stereocenters. The number of carbonyl (C=O) groups excluding carboxylic acids is 1. The fraction of sp³-hybridized carbons (Fsp3) is 0.467. The zero-order valence-corrected chi connectivity index (χ0v) is 12.9. The minimum Gasteiger partial charge on any atom is -0.493 e. The van der Waals surface area contributed by atoms with Crippen LogP contribution in [0.4, 0.5) is 0 Å². The molecule has 0 aliphatic carbocycles. The highest BCUT2D eigenvalue weighted by molar-refractivity contribution is 7.80. The van der Waals surface area contributed by atoms with Gasteiger partial charge in [-0.2, -0.15) is 0 Å². The molecule has 1 aliphatic rings. The third-order valence-corrected chi connectivity index (χ3v) is 3.60. The zero-order valence-electron chi connectivity index (χ0n) is 12.1. The first kappa shape index (κ1) is 15.6. The number of thiocarbonyl (C=S) groups is 1. The summed E-state index contributed by atoms with van der Waals surface area (Å²) in [6.07, 6.45) is 1.96. The monoisotopic (exact) mass is 308 g/mol. The molecule has 2 N–H and O–H groups in total. The van der Waals surface area contributed by atoms with E-state index in [1.54, 1.807) is 0 Å². The Kier molecular flexibility index (Phi) is 5.80. The van der Waals surface area contributed by atoms with Crippen LogP contribution in [0.2, 0.25) is 0 Å². The van der Waals surface area contributed by atoms with Crippen LogP contribution in [0.15, 0.2) is 24.3 Å². The van der Waals surface area contributed by atoms with Crippen LogP contribution in [0, 0.1) is 0 Å². The smallest absolute Gasteiger partial charge is 0.305 e. The predicted molar refractivity (Wildman–Crippen MR) is 84.3 cm³/mol. The minimum absolute atomic E-state index is 0.163. The molecule has 114 valence electrons. The van der Waals surface area contributed by atoms with Crippen molar-refractivity contribution in [3.8, 4) is 5.75 Å². The number of ether oxygens (including phenoxy) is 2. The van der Waals surface area contributed by atoms with E-state index in [-0.39, 0.29) is 12.0 Å². The van der Waals surface area contributed by atoms with Crippen LogP contribution in [0.3, 0.4) is 0 Å². The fourth-order valence-corrected chi connectivity index (χ4v) is 2.48. The van der Waals surface area contributed by atoms with Gasteiger partial charge in [0.1, 0.15) is 5.75 Å². The Hall–Kier alpha value is -1.82. The van der Waals surface area contributed by atoms with Crippen LogP contribution in [-0.4, -0.2) is 31.3 Å². The van der Waals surface area contributed by atoms with Crippen molar-refractivity contribution in [3.05, 3.63) is 29.8 Å². The minimum atomic E-state index is -0.200. The molecule has 1 aromatic carbocycles. The summed E-state index contributed by atoms with van der Waals surface area (Å²) in [5, 5.41) is 7.01. The van der Waals surface area contributed by atoms with Crippen molar-refractivity contribution in [3.63, 3.8) is 0 Å². The molecule has 0 spiro atoms. The van der Waals surface area contributed by atoms with Gasteiger partial charge >= 0.3 is 5.97 Å². The average Bonchev–Trinajstić information content (AvgIpc) is 2.51. The van der Waals surface area contributed by atoms with Crippen LogP contribution in [0.5, 0.6) is 5.75 Å². The lowest BCUT2D eigenvalue weighted by Crippen LogP contribution is -2.39. The highest BCUT2D eigenvalue weighted by atomic mass is 32.1. The van der Waals surface area contributed by atoms with Crippen LogP contribution in [0.25, 0.3) is 0 Å². The number of rotatable bonds is 5. The number of nitrogens with one attached hydrogen (secondary N) is 2. The van der Waals surface area contributed by atoms with Crippen molar-refractivity contribution in [2.24, 2.45) is 0 Å². The molecule has 6 heteroatoms. The molecule has 0 saturated heterocycles. The third kappa shape index (κ3) is 4.60. The predicted octanol–water partition coefficient (Wildman–Crippen LogP) is 1.93. The second kappa shape index (κ2) is 7.83. The summed E-state index contributed by atoms with van der Waals surface area (Å²) in [5.41, 5.74) is 1.13. The van der Waals surface area contributed by atoms with E-state index >= 15 is 0 Å². The zero-order chi connectivity index (χ0) is 15.1. The van der Waals surface area contributed by atoms with Crippen molar-refractivity contribution in [1.82, 2.24) is 10.6 Å². The van der Waals surface area contributed by atoms with Gasteiger partial charge in [-0.05, 0) is 24.7 Å². The molecule has 0 amide bonds. The van der Waals surface area contributed by atoms with E-state index < -0.39 is 0 Å². The van der Waals surface area contributed by atoms with Crippen LogP contribution < -0.4 is 15.4 Å². The first-order chi connectivity index (χ1) is 10.2. The Labute approximate surface area is 130 Å². The van der Waals surface area contributed by atoms with Crippen LogP contribution in [-0.2, 0) is 9.53 Å². The molecule has 2 rings (SSSR count). The normalized spacial score (nSPS) is 16.3. The number of benzene rings is 1. The summed E-state index contributed by atoms with van der Waals surface area (Å²) >= 11 is 5.29. The van der Waals surface area contributed by atoms with Gasteiger partial charge in [-0.1, -0.05) is 18.2 Å². The van der Waals surface area contributed by atoms with Crippen LogP contribution in [0.1, 0.15) is 30.9 Å². The molecular weight excluding hydrogens is 288 g/mol. The summed E-state index contributed by atoms with van der Waals surface area (Å²) in [7, 11) is 1.39. The number of carbonyl (C=O) groups is 1. The van der Waals surface area contributed by atoms with Gasteiger partial charge < -0.3 is 20.1 Å². The molecule has 0 fully saturated rings. The summed E-state index contributed by atoms with van der Waals surface area (Å²) in [5.74, 6) is 0.712. The van der Waals surface area contributed by atoms with Gasteiger partial charge in [0.15, 0.2) is 5.11 Å². The topological polar surface area (TPSA) is 59.6 Å². The lowest BCUT2D eigenvalue weighted by Gasteiger charge is -2.27. The summed E-state index contributed by atoms with van der Waals surface area (Å²) in [6.45, 7) is 1.32. The van der Waals surface area contributed by atoms with Gasteiger partial charge in [0.05, 0.1) is 19.8 Å². The molecule has 0 unspecified atom stereocenters. The van der Waals surface area contributed by atoms with Gasteiger partial charge in [0, 0.05) is 24.9 Å². The second-order valence-corrected chi connectivity index (χ2v) is 5.22. The van der Waals surface area contributed by atoms with Gasteiger partial charge in [-0.15, -0.1) is 0 Å². The third-order valence-electron chi connectivity index (χ3n) is 3.33.